The van der Waals surface area contributed by atoms with Crippen molar-refractivity contribution in [1.82, 2.24) is 4.90 Å². The highest BCUT2D eigenvalue weighted by atomic mass is 19.1. The number of halogens is 1. The molecule has 0 radical (unpaired) electrons. The summed E-state index contributed by atoms with van der Waals surface area (Å²) in [5.41, 5.74) is 2.19. The van der Waals surface area contributed by atoms with Crippen LogP contribution in [0.4, 0.5) is 10.1 Å². The Morgan fingerprint density at radius 1 is 1.13 bits per heavy atom. The average molecular weight is 413 g/mol. The maximum Gasteiger partial charge on any atom is 0.338 e. The van der Waals surface area contributed by atoms with Crippen LogP contribution in [0.2, 0.25) is 0 Å². The zero-order valence-electron chi connectivity index (χ0n) is 17.4. The van der Waals surface area contributed by atoms with Crippen LogP contribution in [-0.4, -0.2) is 36.5 Å². The van der Waals surface area contributed by atoms with E-state index in [9.17, 15) is 14.0 Å². The topological polar surface area (TPSA) is 58.6 Å². The fourth-order valence-corrected chi connectivity index (χ4v) is 3.59. The summed E-state index contributed by atoms with van der Waals surface area (Å²) < 4.78 is 18.3. The quantitative estimate of drug-likeness (QED) is 0.507. The van der Waals surface area contributed by atoms with Crippen LogP contribution in [0.25, 0.3) is 0 Å². The normalized spacial score (nSPS) is 16.8. The van der Waals surface area contributed by atoms with Gasteiger partial charge in [0.2, 0.25) is 5.91 Å². The Balaban J connectivity index is 1.51. The molecule has 5 nitrogen and oxygen atoms in total. The van der Waals surface area contributed by atoms with Crippen molar-refractivity contribution in [3.05, 3.63) is 65.5 Å². The first kappa shape index (κ1) is 22.0. The third-order valence-electron chi connectivity index (χ3n) is 5.31. The lowest BCUT2D eigenvalue weighted by molar-refractivity contribution is -0.121. The van der Waals surface area contributed by atoms with E-state index >= 15 is 0 Å². The lowest BCUT2D eigenvalue weighted by Gasteiger charge is -2.32. The first-order valence-electron chi connectivity index (χ1n) is 10.6. The predicted octanol–water partition coefficient (Wildman–Crippen LogP) is 4.63. The molecular formula is C24H29FN2O3. The summed E-state index contributed by atoms with van der Waals surface area (Å²) in [5, 5.41) is 2.95. The Bertz CT molecular complexity index is 837. The number of benzene rings is 2. The highest BCUT2D eigenvalue weighted by Crippen LogP contribution is 2.21. The van der Waals surface area contributed by atoms with E-state index in [1.807, 2.05) is 6.92 Å². The fraction of sp³-hybridized carbons (Fsp3) is 0.417. The number of nitrogens with zero attached hydrogens (tertiary/aromatic N) is 1. The number of hydrogen-bond acceptors (Lipinski definition) is 4. The van der Waals surface area contributed by atoms with Crippen LogP contribution < -0.4 is 5.32 Å². The van der Waals surface area contributed by atoms with E-state index in [-0.39, 0.29) is 23.6 Å². The van der Waals surface area contributed by atoms with Gasteiger partial charge in [0.25, 0.3) is 0 Å². The Morgan fingerprint density at radius 3 is 2.57 bits per heavy atom. The molecule has 1 aliphatic rings. The van der Waals surface area contributed by atoms with Crippen LogP contribution in [0.5, 0.6) is 0 Å². The molecule has 1 atom stereocenters. The molecule has 0 saturated carbocycles. The fourth-order valence-electron chi connectivity index (χ4n) is 3.59. The number of nitrogens with one attached hydrogen (secondary N) is 1. The smallest absolute Gasteiger partial charge is 0.338 e. The Morgan fingerprint density at radius 2 is 1.87 bits per heavy atom. The van der Waals surface area contributed by atoms with E-state index in [0.717, 1.165) is 37.8 Å². The maximum absolute atomic E-state index is 13.1. The number of unbranched alkanes of at least 4 members (excludes halogenated alkanes) is 1. The minimum Gasteiger partial charge on any atom is -0.462 e. The molecule has 0 aliphatic carbocycles. The summed E-state index contributed by atoms with van der Waals surface area (Å²) in [7, 11) is 0. The van der Waals surface area contributed by atoms with Gasteiger partial charge in [0, 0.05) is 18.8 Å². The molecule has 160 valence electrons. The molecule has 1 amide bonds. The molecular weight excluding hydrogens is 383 g/mol. The van der Waals surface area contributed by atoms with E-state index in [2.05, 4.69) is 10.2 Å². The van der Waals surface area contributed by atoms with E-state index in [1.165, 1.54) is 12.1 Å². The third kappa shape index (κ3) is 6.39. The number of esters is 1. The first-order chi connectivity index (χ1) is 14.5. The molecule has 1 saturated heterocycles. The van der Waals surface area contributed by atoms with Gasteiger partial charge in [0.05, 0.1) is 18.1 Å². The molecule has 1 heterocycles. The molecule has 3 rings (SSSR count). The second-order valence-corrected chi connectivity index (χ2v) is 7.76. The Hall–Kier alpha value is -2.73. The first-order valence-corrected chi connectivity index (χ1v) is 10.6. The van der Waals surface area contributed by atoms with Crippen LogP contribution in [0.1, 0.15) is 48.5 Å². The molecule has 1 N–H and O–H groups in total. The lowest BCUT2D eigenvalue weighted by Crippen LogP contribution is -2.40. The number of amides is 1. The zero-order chi connectivity index (χ0) is 21.3. The largest absolute Gasteiger partial charge is 0.462 e. The number of piperidine rings is 1. The van der Waals surface area contributed by atoms with Gasteiger partial charge < -0.3 is 10.1 Å². The molecule has 0 aromatic heterocycles. The number of hydrogen-bond donors (Lipinski definition) is 1. The molecule has 1 fully saturated rings. The maximum atomic E-state index is 13.1. The van der Waals surface area contributed by atoms with E-state index in [0.29, 0.717) is 30.9 Å². The number of likely N-dealkylation sites (tertiary alicyclic amines) is 1. The van der Waals surface area contributed by atoms with Crippen LogP contribution in [0, 0.1) is 11.7 Å². The van der Waals surface area contributed by atoms with Gasteiger partial charge in [-0.15, -0.1) is 0 Å². The molecule has 30 heavy (non-hydrogen) atoms. The van der Waals surface area contributed by atoms with E-state index < -0.39 is 0 Å². The highest BCUT2D eigenvalue weighted by molar-refractivity contribution is 5.94. The molecule has 2 aromatic rings. The number of rotatable bonds is 8. The van der Waals surface area contributed by atoms with Crippen molar-refractivity contribution in [3.8, 4) is 0 Å². The molecule has 1 aliphatic heterocycles. The second-order valence-electron chi connectivity index (χ2n) is 7.76. The van der Waals surface area contributed by atoms with Crippen LogP contribution in [0.15, 0.2) is 48.5 Å². The van der Waals surface area contributed by atoms with Gasteiger partial charge in [-0.25, -0.2) is 9.18 Å². The Kier molecular flexibility index (Phi) is 7.97. The summed E-state index contributed by atoms with van der Waals surface area (Å²) in [5.74, 6) is -0.699. The summed E-state index contributed by atoms with van der Waals surface area (Å²) in [6, 6.07) is 13.3. The average Bonchev–Trinajstić information content (AvgIpc) is 2.76. The van der Waals surface area contributed by atoms with Gasteiger partial charge in [-0.2, -0.15) is 0 Å². The SMILES string of the molecule is CCCCOC(=O)c1ccc(NC(=O)[C@@H]2CCCN(Cc3ccc(F)cc3)C2)cc1. The molecule has 0 spiro atoms. The van der Waals surface area contributed by atoms with Crippen molar-refractivity contribution in [2.75, 3.05) is 25.0 Å². The van der Waals surface area contributed by atoms with Crippen LogP contribution in [-0.2, 0) is 16.1 Å². The van der Waals surface area contributed by atoms with Crippen molar-refractivity contribution in [2.45, 2.75) is 39.2 Å². The summed E-state index contributed by atoms with van der Waals surface area (Å²) in [4.78, 5) is 26.9. The van der Waals surface area contributed by atoms with Crippen molar-refractivity contribution < 1.29 is 18.7 Å². The standard InChI is InChI=1S/C24H29FN2O3/c1-2-3-15-30-24(29)19-8-12-22(13-9-19)26-23(28)20-5-4-14-27(17-20)16-18-6-10-21(25)11-7-18/h6-13,20H,2-5,14-17H2,1H3,(H,26,28)/t20-/m1/s1. The van der Waals surface area contributed by atoms with Crippen molar-refractivity contribution in [1.29, 1.82) is 0 Å². The van der Waals surface area contributed by atoms with Gasteiger partial charge >= 0.3 is 5.97 Å². The third-order valence-corrected chi connectivity index (χ3v) is 5.31. The van der Waals surface area contributed by atoms with Gasteiger partial charge in [-0.1, -0.05) is 25.5 Å². The van der Waals surface area contributed by atoms with Gasteiger partial charge in [-0.05, 0) is 67.8 Å². The molecule has 0 unspecified atom stereocenters. The van der Waals surface area contributed by atoms with E-state index in [1.54, 1.807) is 36.4 Å². The van der Waals surface area contributed by atoms with Crippen LogP contribution >= 0.6 is 0 Å². The number of carbonyl (C=O) groups excluding carboxylic acids is 2. The monoisotopic (exact) mass is 412 g/mol. The minimum atomic E-state index is -0.343. The zero-order valence-corrected chi connectivity index (χ0v) is 17.4. The summed E-state index contributed by atoms with van der Waals surface area (Å²) in [6.07, 6.45) is 3.61. The summed E-state index contributed by atoms with van der Waals surface area (Å²) >= 11 is 0. The lowest BCUT2D eigenvalue weighted by atomic mass is 9.96. The summed E-state index contributed by atoms with van der Waals surface area (Å²) in [6.45, 7) is 4.77. The van der Waals surface area contributed by atoms with Crippen molar-refractivity contribution in [3.63, 3.8) is 0 Å². The van der Waals surface area contributed by atoms with Crippen molar-refractivity contribution >= 4 is 17.6 Å². The second kappa shape index (κ2) is 10.9. The molecule has 6 heteroatoms. The molecule has 0 bridgehead atoms. The van der Waals surface area contributed by atoms with Crippen molar-refractivity contribution in [2.24, 2.45) is 5.92 Å². The van der Waals surface area contributed by atoms with E-state index in [4.69, 9.17) is 4.74 Å². The number of ether oxygens (including phenoxy) is 1. The van der Waals surface area contributed by atoms with Gasteiger partial charge in [0.15, 0.2) is 0 Å². The predicted molar refractivity (Wildman–Crippen MR) is 115 cm³/mol. The van der Waals surface area contributed by atoms with Gasteiger partial charge in [-0.3, -0.25) is 9.69 Å². The highest BCUT2D eigenvalue weighted by Gasteiger charge is 2.26. The van der Waals surface area contributed by atoms with Gasteiger partial charge in [0.1, 0.15) is 5.82 Å². The number of anilines is 1. The molecule has 2 aromatic carbocycles. The van der Waals surface area contributed by atoms with Crippen LogP contribution in [0.3, 0.4) is 0 Å². The minimum absolute atomic E-state index is 0.0166. The number of carbonyl (C=O) groups is 2. The Labute approximate surface area is 177 Å².